The number of rotatable bonds is 8. The molecule has 1 aromatic carbocycles. The van der Waals surface area contributed by atoms with Gasteiger partial charge < -0.3 is 15.0 Å². The molecule has 0 spiro atoms. The second-order valence-electron chi connectivity index (χ2n) is 9.54. The summed E-state index contributed by atoms with van der Waals surface area (Å²) in [7, 11) is 0. The molecule has 2 aromatic rings. The highest BCUT2D eigenvalue weighted by atomic mass is 19.1. The van der Waals surface area contributed by atoms with Crippen molar-refractivity contribution in [3.05, 3.63) is 60.1 Å². The third kappa shape index (κ3) is 5.81. The van der Waals surface area contributed by atoms with Crippen molar-refractivity contribution >= 4 is 23.8 Å². The summed E-state index contributed by atoms with van der Waals surface area (Å²) in [5.74, 6) is -0.321. The highest BCUT2D eigenvalue weighted by molar-refractivity contribution is 5.89. The lowest BCUT2D eigenvalue weighted by molar-refractivity contribution is -0.127. The van der Waals surface area contributed by atoms with Crippen LogP contribution in [0.15, 0.2) is 43.0 Å². The maximum absolute atomic E-state index is 14.4. The number of benzene rings is 1. The Morgan fingerprint density at radius 3 is 2.53 bits per heavy atom. The number of anilines is 2. The van der Waals surface area contributed by atoms with Crippen LogP contribution in [0, 0.1) is 11.9 Å². The van der Waals surface area contributed by atoms with Gasteiger partial charge in [0.1, 0.15) is 12.4 Å². The summed E-state index contributed by atoms with van der Waals surface area (Å²) in [4.78, 5) is 37.8. The smallest absolute Gasteiger partial charge is 0.415 e. The molecule has 1 aromatic heterocycles. The van der Waals surface area contributed by atoms with E-state index in [1.165, 1.54) is 16.5 Å². The number of hydrogen-bond donors (Lipinski definition) is 1. The minimum absolute atomic E-state index is 0.0185. The topological polar surface area (TPSA) is 90.9 Å². The van der Waals surface area contributed by atoms with Gasteiger partial charge in [-0.25, -0.2) is 4.79 Å². The number of hydrogen-bond acceptors (Lipinski definition) is 7. The molecule has 0 unspecified atom stereocenters. The highest BCUT2D eigenvalue weighted by Gasteiger charge is 2.37. The minimum Gasteiger partial charge on any atom is -0.447 e. The molecule has 2 fully saturated rings. The van der Waals surface area contributed by atoms with E-state index in [9.17, 15) is 14.0 Å². The Morgan fingerprint density at radius 1 is 1.19 bits per heavy atom. The zero-order chi connectivity index (χ0) is 25.8. The Labute approximate surface area is 210 Å². The first-order chi connectivity index (χ1) is 17.2. The van der Waals surface area contributed by atoms with E-state index in [1.54, 1.807) is 0 Å². The normalized spacial score (nSPS) is 19.4. The van der Waals surface area contributed by atoms with Gasteiger partial charge in [-0.3, -0.25) is 14.6 Å². The van der Waals surface area contributed by atoms with Gasteiger partial charge >= 0.3 is 6.09 Å². The van der Waals surface area contributed by atoms with Crippen LogP contribution in [0.1, 0.15) is 37.9 Å². The van der Waals surface area contributed by atoms with Crippen molar-refractivity contribution in [2.45, 2.75) is 39.4 Å². The van der Waals surface area contributed by atoms with Crippen LogP contribution in [0.25, 0.3) is 0 Å². The highest BCUT2D eigenvalue weighted by Crippen LogP contribution is 2.27. The number of nitrogens with zero attached hydrogens (tertiary/aromatic N) is 5. The molecule has 2 aliphatic rings. The number of halogens is 1. The molecule has 0 bridgehead atoms. The number of nitrogens with one attached hydrogen (secondary N) is 1. The van der Waals surface area contributed by atoms with Crippen LogP contribution in [0.2, 0.25) is 0 Å². The summed E-state index contributed by atoms with van der Waals surface area (Å²) in [6, 6.07) is 8.94. The first kappa shape index (κ1) is 25.6. The number of cyclic esters (lactones) is 1. The molecule has 0 radical (unpaired) electrons. The van der Waals surface area contributed by atoms with E-state index in [0.717, 1.165) is 31.3 Å². The van der Waals surface area contributed by atoms with Gasteiger partial charge in [0.2, 0.25) is 17.8 Å². The Morgan fingerprint density at radius 2 is 1.89 bits per heavy atom. The van der Waals surface area contributed by atoms with Crippen LogP contribution >= 0.6 is 0 Å². The molecule has 10 heteroatoms. The largest absolute Gasteiger partial charge is 0.447 e. The molecule has 2 amide bonds. The molecule has 36 heavy (non-hydrogen) atoms. The zero-order valence-electron chi connectivity index (χ0n) is 21.0. The summed E-state index contributed by atoms with van der Waals surface area (Å²) in [5, 5.41) is 3.15. The summed E-state index contributed by atoms with van der Waals surface area (Å²) in [6.07, 6.45) is 0.831. The van der Waals surface area contributed by atoms with Crippen LogP contribution in [0.4, 0.5) is 21.0 Å². The van der Waals surface area contributed by atoms with Crippen LogP contribution in [0.3, 0.4) is 0 Å². The molecule has 0 saturated carbocycles. The summed E-state index contributed by atoms with van der Waals surface area (Å²) < 4.78 is 19.5. The molecule has 192 valence electrons. The van der Waals surface area contributed by atoms with E-state index >= 15 is 0 Å². The number of piperazine rings is 1. The quantitative estimate of drug-likeness (QED) is 0.441. The van der Waals surface area contributed by atoms with Gasteiger partial charge in [-0.2, -0.15) is 14.4 Å². The van der Waals surface area contributed by atoms with Crippen LogP contribution in [-0.4, -0.2) is 70.6 Å². The number of amides is 2. The van der Waals surface area contributed by atoms with E-state index in [2.05, 4.69) is 38.9 Å². The van der Waals surface area contributed by atoms with E-state index in [1.807, 2.05) is 37.8 Å². The first-order valence-electron chi connectivity index (χ1n) is 12.2. The number of aromatic nitrogens is 2. The fourth-order valence-electron chi connectivity index (χ4n) is 4.49. The number of carbonyl (C=O) groups is 2. The second kappa shape index (κ2) is 11.0. The lowest BCUT2D eigenvalue weighted by Crippen LogP contribution is -2.47. The second-order valence-corrected chi connectivity index (χ2v) is 9.54. The van der Waals surface area contributed by atoms with Gasteiger partial charge in [0.15, 0.2) is 0 Å². The maximum atomic E-state index is 14.4. The molecular formula is C26H33FN6O3. The van der Waals surface area contributed by atoms with Crippen molar-refractivity contribution in [2.24, 2.45) is 5.92 Å². The van der Waals surface area contributed by atoms with Crippen molar-refractivity contribution < 1.29 is 18.7 Å². The lowest BCUT2D eigenvalue weighted by Gasteiger charge is -2.34. The Kier molecular flexibility index (Phi) is 7.83. The fraction of sp³-hybridized carbons (Fsp3) is 0.462. The Hall–Kier alpha value is -3.53. The standard InChI is InChI=1S/C26H33FN6O3/c1-5-24(34)32-12-10-31(11-13-32)15-19-6-8-20(9-7-19)18(4)28-25-29-22(27)14-23(30-25)33-21(17(2)3)16-36-26(33)35/h5-9,14,17-18,21H,1,10-13,15-16H2,2-4H3,(H,28,29,30)/t18-,21+/m0/s1. The van der Waals surface area contributed by atoms with E-state index in [4.69, 9.17) is 4.74 Å². The third-order valence-electron chi connectivity index (χ3n) is 6.69. The SMILES string of the molecule is C=CC(=O)N1CCN(Cc2ccc([C@H](C)Nc3nc(F)cc(N4C(=O)OC[C@@H]4C(C)C)n3)cc2)CC1. The van der Waals surface area contributed by atoms with Gasteiger partial charge in [0.25, 0.3) is 0 Å². The average molecular weight is 497 g/mol. The molecule has 2 atom stereocenters. The molecule has 2 aliphatic heterocycles. The van der Waals surface area contributed by atoms with Crippen molar-refractivity contribution in [3.63, 3.8) is 0 Å². The lowest BCUT2D eigenvalue weighted by atomic mass is 10.0. The molecular weight excluding hydrogens is 463 g/mol. The van der Waals surface area contributed by atoms with Gasteiger partial charge in [0.05, 0.1) is 12.1 Å². The van der Waals surface area contributed by atoms with E-state index in [0.29, 0.717) is 13.1 Å². The van der Waals surface area contributed by atoms with Gasteiger partial charge in [-0.05, 0) is 30.0 Å². The van der Waals surface area contributed by atoms with Gasteiger partial charge in [0, 0.05) is 38.8 Å². The van der Waals surface area contributed by atoms with Crippen LogP contribution in [-0.2, 0) is 16.1 Å². The van der Waals surface area contributed by atoms with Gasteiger partial charge in [-0.1, -0.05) is 44.7 Å². The van der Waals surface area contributed by atoms with Crippen molar-refractivity contribution in [1.29, 1.82) is 0 Å². The van der Waals surface area contributed by atoms with Crippen molar-refractivity contribution in [2.75, 3.05) is 43.0 Å². The summed E-state index contributed by atoms with van der Waals surface area (Å²) in [5.41, 5.74) is 2.17. The molecule has 1 N–H and O–H groups in total. The monoisotopic (exact) mass is 496 g/mol. The van der Waals surface area contributed by atoms with Gasteiger partial charge in [-0.15, -0.1) is 0 Å². The van der Waals surface area contributed by atoms with E-state index in [-0.39, 0.29) is 42.3 Å². The van der Waals surface area contributed by atoms with E-state index < -0.39 is 12.0 Å². The first-order valence-corrected chi connectivity index (χ1v) is 12.2. The van der Waals surface area contributed by atoms with Crippen LogP contribution < -0.4 is 10.2 Å². The molecule has 9 nitrogen and oxygen atoms in total. The predicted octanol–water partition coefficient (Wildman–Crippen LogP) is 3.60. The minimum atomic E-state index is -0.720. The fourth-order valence-corrected chi connectivity index (χ4v) is 4.49. The molecule has 0 aliphatic carbocycles. The predicted molar refractivity (Wildman–Crippen MR) is 135 cm³/mol. The third-order valence-corrected chi connectivity index (χ3v) is 6.69. The maximum Gasteiger partial charge on any atom is 0.415 e. The summed E-state index contributed by atoms with van der Waals surface area (Å²) >= 11 is 0. The Bertz CT molecular complexity index is 1100. The van der Waals surface area contributed by atoms with Crippen LogP contribution in [0.5, 0.6) is 0 Å². The molecule has 3 heterocycles. The number of carbonyl (C=O) groups excluding carboxylic acids is 2. The molecule has 4 rings (SSSR count). The van der Waals surface area contributed by atoms with Crippen molar-refractivity contribution in [3.8, 4) is 0 Å². The average Bonchev–Trinajstić information content (AvgIpc) is 3.26. The van der Waals surface area contributed by atoms with Crippen molar-refractivity contribution in [1.82, 2.24) is 19.8 Å². The zero-order valence-corrected chi connectivity index (χ0v) is 21.0. The Balaban J connectivity index is 1.38. The summed E-state index contributed by atoms with van der Waals surface area (Å²) in [6.45, 7) is 13.5. The number of ether oxygens (including phenoxy) is 1. The molecule has 2 saturated heterocycles.